The number of carbonyl (C=O) groups is 1. The summed E-state index contributed by atoms with van der Waals surface area (Å²) in [6.45, 7) is 11.7. The number of piperidine rings is 1. The third kappa shape index (κ3) is 3.64. The zero-order valence-corrected chi connectivity index (χ0v) is 16.4. The summed E-state index contributed by atoms with van der Waals surface area (Å²) in [6, 6.07) is 2.24. The molecule has 26 heavy (non-hydrogen) atoms. The van der Waals surface area contributed by atoms with Crippen molar-refractivity contribution in [2.45, 2.75) is 59.4 Å². The molecule has 0 N–H and O–H groups in total. The van der Waals surface area contributed by atoms with Crippen molar-refractivity contribution in [3.8, 4) is 11.4 Å². The average Bonchev–Trinajstić information content (AvgIpc) is 3.10. The van der Waals surface area contributed by atoms with Gasteiger partial charge >= 0.3 is 0 Å². The first-order valence-corrected chi connectivity index (χ1v) is 9.43. The van der Waals surface area contributed by atoms with Gasteiger partial charge in [0, 0.05) is 49.1 Å². The molecule has 0 spiro atoms. The zero-order chi connectivity index (χ0) is 18.9. The van der Waals surface area contributed by atoms with Crippen LogP contribution < -0.4 is 0 Å². The summed E-state index contributed by atoms with van der Waals surface area (Å²) in [5.74, 6) is 0.411. The van der Waals surface area contributed by atoms with Crippen molar-refractivity contribution in [2.75, 3.05) is 13.1 Å². The SMILES string of the molecule is CC(C)n1nccc1-c1nccnc1[C@@H]1CCCN(C(=O)C(C)(C)C)C1. The molecule has 1 aliphatic heterocycles. The van der Waals surface area contributed by atoms with Crippen molar-refractivity contribution >= 4 is 5.91 Å². The van der Waals surface area contributed by atoms with E-state index in [1.165, 1.54) is 0 Å². The maximum atomic E-state index is 12.7. The first-order chi connectivity index (χ1) is 12.3. The van der Waals surface area contributed by atoms with Crippen molar-refractivity contribution in [3.05, 3.63) is 30.4 Å². The highest BCUT2D eigenvalue weighted by Gasteiger charge is 2.33. The largest absolute Gasteiger partial charge is 0.342 e. The van der Waals surface area contributed by atoms with E-state index < -0.39 is 0 Å². The fourth-order valence-corrected chi connectivity index (χ4v) is 3.62. The molecular weight excluding hydrogens is 326 g/mol. The number of hydrogen-bond donors (Lipinski definition) is 0. The topological polar surface area (TPSA) is 63.9 Å². The normalized spacial score (nSPS) is 18.4. The third-order valence-corrected chi connectivity index (χ3v) is 4.87. The maximum Gasteiger partial charge on any atom is 0.227 e. The lowest BCUT2D eigenvalue weighted by Crippen LogP contribution is -2.44. The molecular formula is C20H29N5O. The molecule has 0 radical (unpaired) electrons. The van der Waals surface area contributed by atoms with E-state index in [4.69, 9.17) is 0 Å². The van der Waals surface area contributed by atoms with Gasteiger partial charge in [-0.05, 0) is 32.8 Å². The van der Waals surface area contributed by atoms with Gasteiger partial charge < -0.3 is 4.90 Å². The minimum absolute atomic E-state index is 0.203. The Hall–Kier alpha value is -2.24. The summed E-state index contributed by atoms with van der Waals surface area (Å²) in [5.41, 5.74) is 2.49. The van der Waals surface area contributed by atoms with Gasteiger partial charge in [-0.2, -0.15) is 5.10 Å². The van der Waals surface area contributed by atoms with Gasteiger partial charge in [0.2, 0.25) is 5.91 Å². The number of amides is 1. The second-order valence-electron chi connectivity index (χ2n) is 8.39. The number of hydrogen-bond acceptors (Lipinski definition) is 4. The molecule has 6 heteroatoms. The van der Waals surface area contributed by atoms with E-state index in [1.54, 1.807) is 12.4 Å². The molecule has 0 aromatic carbocycles. The Bertz CT molecular complexity index is 775. The average molecular weight is 355 g/mol. The Labute approximate surface area is 155 Å². The van der Waals surface area contributed by atoms with E-state index >= 15 is 0 Å². The lowest BCUT2D eigenvalue weighted by Gasteiger charge is -2.36. The van der Waals surface area contributed by atoms with Gasteiger partial charge in [0.25, 0.3) is 0 Å². The summed E-state index contributed by atoms with van der Waals surface area (Å²) in [7, 11) is 0. The standard InChI is InChI=1S/C20H29N5O/c1-14(2)25-16(8-9-23-25)18-17(21-10-11-22-18)15-7-6-12-24(13-15)19(26)20(3,4)5/h8-11,14-15H,6-7,12-13H2,1-5H3/t15-/m1/s1. The molecule has 3 rings (SSSR count). The van der Waals surface area contributed by atoms with Gasteiger partial charge in [0.15, 0.2) is 0 Å². The highest BCUT2D eigenvalue weighted by molar-refractivity contribution is 5.81. The van der Waals surface area contributed by atoms with Crippen LogP contribution in [0.2, 0.25) is 0 Å². The molecule has 0 saturated carbocycles. The van der Waals surface area contributed by atoms with Gasteiger partial charge in [-0.15, -0.1) is 0 Å². The first kappa shape index (κ1) is 18.5. The van der Waals surface area contributed by atoms with Gasteiger partial charge in [-0.1, -0.05) is 20.8 Å². The van der Waals surface area contributed by atoms with Gasteiger partial charge in [0.05, 0.1) is 11.4 Å². The maximum absolute atomic E-state index is 12.7. The molecule has 2 aromatic heterocycles. The van der Waals surface area contributed by atoms with Crippen molar-refractivity contribution < 1.29 is 4.79 Å². The molecule has 1 amide bonds. The first-order valence-electron chi connectivity index (χ1n) is 9.43. The van der Waals surface area contributed by atoms with E-state index in [9.17, 15) is 4.79 Å². The minimum Gasteiger partial charge on any atom is -0.342 e. The molecule has 2 aromatic rings. The Morgan fingerprint density at radius 3 is 2.62 bits per heavy atom. The Balaban J connectivity index is 1.93. The van der Waals surface area contributed by atoms with Crippen LogP contribution in [0.3, 0.4) is 0 Å². The van der Waals surface area contributed by atoms with E-state index in [2.05, 4.69) is 28.9 Å². The van der Waals surface area contributed by atoms with Crippen LogP contribution >= 0.6 is 0 Å². The Morgan fingerprint density at radius 2 is 1.92 bits per heavy atom. The number of aromatic nitrogens is 4. The monoisotopic (exact) mass is 355 g/mol. The third-order valence-electron chi connectivity index (χ3n) is 4.87. The lowest BCUT2D eigenvalue weighted by atomic mass is 9.89. The second kappa shape index (κ2) is 7.17. The fraction of sp³-hybridized carbons (Fsp3) is 0.600. The fourth-order valence-electron chi connectivity index (χ4n) is 3.62. The molecule has 1 saturated heterocycles. The number of carbonyl (C=O) groups excluding carboxylic acids is 1. The summed E-state index contributed by atoms with van der Waals surface area (Å²) in [6.07, 6.45) is 7.31. The summed E-state index contributed by atoms with van der Waals surface area (Å²) >= 11 is 0. The number of rotatable bonds is 3. The Morgan fingerprint density at radius 1 is 1.19 bits per heavy atom. The van der Waals surface area contributed by atoms with Crippen molar-refractivity contribution in [2.24, 2.45) is 5.41 Å². The molecule has 0 bridgehead atoms. The van der Waals surface area contributed by atoms with E-state index in [0.29, 0.717) is 6.54 Å². The summed E-state index contributed by atoms with van der Waals surface area (Å²) in [5, 5.41) is 4.44. The second-order valence-corrected chi connectivity index (χ2v) is 8.39. The zero-order valence-electron chi connectivity index (χ0n) is 16.4. The molecule has 1 fully saturated rings. The molecule has 0 unspecified atom stereocenters. The lowest BCUT2D eigenvalue weighted by molar-refractivity contribution is -0.140. The van der Waals surface area contributed by atoms with Crippen molar-refractivity contribution in [3.63, 3.8) is 0 Å². The molecule has 1 atom stereocenters. The molecule has 6 nitrogen and oxygen atoms in total. The van der Waals surface area contributed by atoms with Gasteiger partial charge in [0.1, 0.15) is 5.69 Å². The molecule has 1 aliphatic rings. The number of nitrogens with zero attached hydrogens (tertiary/aromatic N) is 5. The predicted molar refractivity (Wildman–Crippen MR) is 102 cm³/mol. The van der Waals surface area contributed by atoms with Crippen LogP contribution in [0.5, 0.6) is 0 Å². The molecule has 3 heterocycles. The number of likely N-dealkylation sites (tertiary alicyclic amines) is 1. The van der Waals surface area contributed by atoms with Crippen molar-refractivity contribution in [1.29, 1.82) is 0 Å². The molecule has 140 valence electrons. The van der Waals surface area contributed by atoms with Gasteiger partial charge in [-0.25, -0.2) is 0 Å². The van der Waals surface area contributed by atoms with E-state index in [0.717, 1.165) is 36.5 Å². The summed E-state index contributed by atoms with van der Waals surface area (Å²) < 4.78 is 1.98. The van der Waals surface area contributed by atoms with Crippen LogP contribution in [0.4, 0.5) is 0 Å². The summed E-state index contributed by atoms with van der Waals surface area (Å²) in [4.78, 5) is 24.0. The smallest absolute Gasteiger partial charge is 0.227 e. The van der Waals surface area contributed by atoms with Crippen LogP contribution in [0.25, 0.3) is 11.4 Å². The van der Waals surface area contributed by atoms with Crippen LogP contribution in [0.1, 0.15) is 65.1 Å². The van der Waals surface area contributed by atoms with Crippen LogP contribution in [0.15, 0.2) is 24.7 Å². The minimum atomic E-state index is -0.358. The molecule has 0 aliphatic carbocycles. The van der Waals surface area contributed by atoms with Crippen molar-refractivity contribution in [1.82, 2.24) is 24.6 Å². The van der Waals surface area contributed by atoms with Crippen LogP contribution in [-0.4, -0.2) is 43.6 Å². The Kier molecular flexibility index (Phi) is 5.12. The van der Waals surface area contributed by atoms with Gasteiger partial charge in [-0.3, -0.25) is 19.4 Å². The van der Waals surface area contributed by atoms with E-state index in [1.807, 2.05) is 42.6 Å². The predicted octanol–water partition coefficient (Wildman–Crippen LogP) is 3.67. The van der Waals surface area contributed by atoms with Crippen LogP contribution in [-0.2, 0) is 4.79 Å². The highest BCUT2D eigenvalue weighted by atomic mass is 16.2. The van der Waals surface area contributed by atoms with E-state index in [-0.39, 0.29) is 23.3 Å². The highest BCUT2D eigenvalue weighted by Crippen LogP contribution is 2.33. The van der Waals surface area contributed by atoms with Crippen LogP contribution in [0, 0.1) is 5.41 Å². The quantitative estimate of drug-likeness (QED) is 0.842.